The zero-order valence-corrected chi connectivity index (χ0v) is 12.8. The van der Waals surface area contributed by atoms with Gasteiger partial charge in [0.05, 0.1) is 12.2 Å². The van der Waals surface area contributed by atoms with Gasteiger partial charge in [-0.25, -0.2) is 4.79 Å². The molecule has 0 unspecified atom stereocenters. The number of hydrogen-bond acceptors (Lipinski definition) is 6. The summed E-state index contributed by atoms with van der Waals surface area (Å²) < 4.78 is 4.83. The maximum Gasteiger partial charge on any atom is 0.338 e. The van der Waals surface area contributed by atoms with E-state index in [1.54, 1.807) is 6.92 Å². The monoisotopic (exact) mass is 321 g/mol. The first-order valence-corrected chi connectivity index (χ1v) is 7.08. The van der Waals surface area contributed by atoms with Gasteiger partial charge in [0.2, 0.25) is 6.41 Å². The molecule has 0 bridgehead atoms. The standard InChI is InChI=1S/C15H19N3O5/c1-2-23-15(22)11-4-6-12(7-5-11)17-13(20)14(21)18(10-19)9-3-8-16/h4-7,10H,2-3,8-9,16H2,1H3,(H,17,20). The van der Waals surface area contributed by atoms with Gasteiger partial charge in [-0.05, 0) is 44.2 Å². The van der Waals surface area contributed by atoms with Crippen molar-refractivity contribution in [2.45, 2.75) is 13.3 Å². The average Bonchev–Trinajstić information content (AvgIpc) is 2.56. The molecule has 0 fully saturated rings. The van der Waals surface area contributed by atoms with E-state index < -0.39 is 17.8 Å². The summed E-state index contributed by atoms with van der Waals surface area (Å²) in [5, 5.41) is 2.36. The van der Waals surface area contributed by atoms with Crippen molar-refractivity contribution in [3.8, 4) is 0 Å². The smallest absolute Gasteiger partial charge is 0.338 e. The van der Waals surface area contributed by atoms with Crippen LogP contribution in [0.1, 0.15) is 23.7 Å². The highest BCUT2D eigenvalue weighted by molar-refractivity contribution is 6.41. The fourth-order valence-electron chi connectivity index (χ4n) is 1.68. The van der Waals surface area contributed by atoms with Crippen LogP contribution in [0.4, 0.5) is 5.69 Å². The van der Waals surface area contributed by atoms with E-state index >= 15 is 0 Å². The van der Waals surface area contributed by atoms with Crippen molar-refractivity contribution in [2.75, 3.05) is 25.0 Å². The molecular formula is C15H19N3O5. The number of rotatable bonds is 7. The lowest BCUT2D eigenvalue weighted by Gasteiger charge is -2.14. The third-order valence-electron chi connectivity index (χ3n) is 2.84. The van der Waals surface area contributed by atoms with Gasteiger partial charge in [0.1, 0.15) is 0 Å². The average molecular weight is 321 g/mol. The van der Waals surface area contributed by atoms with Crippen LogP contribution in [0.3, 0.4) is 0 Å². The lowest BCUT2D eigenvalue weighted by atomic mass is 10.2. The number of amides is 3. The van der Waals surface area contributed by atoms with Crippen molar-refractivity contribution >= 4 is 29.9 Å². The maximum absolute atomic E-state index is 11.8. The van der Waals surface area contributed by atoms with Crippen LogP contribution in [0, 0.1) is 0 Å². The Hall–Kier alpha value is -2.74. The van der Waals surface area contributed by atoms with Gasteiger partial charge in [-0.1, -0.05) is 0 Å². The van der Waals surface area contributed by atoms with Crippen LogP contribution < -0.4 is 11.1 Å². The molecule has 23 heavy (non-hydrogen) atoms. The molecule has 0 aliphatic carbocycles. The summed E-state index contributed by atoms with van der Waals surface area (Å²) in [4.78, 5) is 46.7. The SMILES string of the molecule is CCOC(=O)c1ccc(NC(=O)C(=O)N(C=O)CCCN)cc1. The second kappa shape index (κ2) is 9.31. The minimum Gasteiger partial charge on any atom is -0.462 e. The highest BCUT2D eigenvalue weighted by Crippen LogP contribution is 2.11. The zero-order chi connectivity index (χ0) is 17.2. The Kier molecular flexibility index (Phi) is 7.41. The third-order valence-corrected chi connectivity index (χ3v) is 2.84. The summed E-state index contributed by atoms with van der Waals surface area (Å²) in [6.45, 7) is 2.33. The van der Waals surface area contributed by atoms with Crippen molar-refractivity contribution in [2.24, 2.45) is 5.73 Å². The molecule has 1 aromatic carbocycles. The normalized spacial score (nSPS) is 9.83. The Balaban J connectivity index is 2.67. The Morgan fingerprint density at radius 3 is 2.43 bits per heavy atom. The van der Waals surface area contributed by atoms with E-state index in [1.807, 2.05) is 0 Å². The molecule has 8 heteroatoms. The fourth-order valence-corrected chi connectivity index (χ4v) is 1.68. The number of imide groups is 1. The van der Waals surface area contributed by atoms with Gasteiger partial charge in [0.25, 0.3) is 0 Å². The molecule has 0 heterocycles. The molecule has 0 aromatic heterocycles. The molecule has 3 amide bonds. The summed E-state index contributed by atoms with van der Waals surface area (Å²) in [6, 6.07) is 5.85. The molecule has 1 rings (SSSR count). The van der Waals surface area contributed by atoms with Crippen molar-refractivity contribution in [3.05, 3.63) is 29.8 Å². The van der Waals surface area contributed by atoms with E-state index in [4.69, 9.17) is 10.5 Å². The Morgan fingerprint density at radius 2 is 1.91 bits per heavy atom. The largest absolute Gasteiger partial charge is 0.462 e. The van der Waals surface area contributed by atoms with Crippen LogP contribution in [0.15, 0.2) is 24.3 Å². The first-order chi connectivity index (χ1) is 11.0. The molecular weight excluding hydrogens is 302 g/mol. The van der Waals surface area contributed by atoms with Crippen LogP contribution in [-0.4, -0.2) is 48.8 Å². The number of anilines is 1. The first-order valence-electron chi connectivity index (χ1n) is 7.08. The number of benzene rings is 1. The van der Waals surface area contributed by atoms with Gasteiger partial charge in [-0.3, -0.25) is 19.3 Å². The van der Waals surface area contributed by atoms with Crippen LogP contribution in [-0.2, 0) is 19.1 Å². The lowest BCUT2D eigenvalue weighted by Crippen LogP contribution is -2.39. The third kappa shape index (κ3) is 5.51. The van der Waals surface area contributed by atoms with E-state index in [-0.39, 0.29) is 13.2 Å². The van der Waals surface area contributed by atoms with E-state index in [2.05, 4.69) is 5.32 Å². The highest BCUT2D eigenvalue weighted by atomic mass is 16.5. The lowest BCUT2D eigenvalue weighted by molar-refractivity contribution is -0.146. The molecule has 0 radical (unpaired) electrons. The van der Waals surface area contributed by atoms with Gasteiger partial charge in [0.15, 0.2) is 0 Å². The molecule has 0 aliphatic rings. The number of nitrogens with zero attached hydrogens (tertiary/aromatic N) is 1. The number of nitrogens with one attached hydrogen (secondary N) is 1. The molecule has 0 aliphatic heterocycles. The number of carbonyl (C=O) groups is 4. The van der Waals surface area contributed by atoms with Gasteiger partial charge in [0, 0.05) is 12.2 Å². The topological polar surface area (TPSA) is 119 Å². The van der Waals surface area contributed by atoms with Gasteiger partial charge in [-0.2, -0.15) is 0 Å². The van der Waals surface area contributed by atoms with E-state index in [0.717, 1.165) is 4.90 Å². The van der Waals surface area contributed by atoms with Crippen LogP contribution in [0.2, 0.25) is 0 Å². The molecule has 8 nitrogen and oxygen atoms in total. The first kappa shape index (κ1) is 18.3. The molecule has 3 N–H and O–H groups in total. The summed E-state index contributed by atoms with van der Waals surface area (Å²) >= 11 is 0. The van der Waals surface area contributed by atoms with Crippen molar-refractivity contribution < 1.29 is 23.9 Å². The number of esters is 1. The van der Waals surface area contributed by atoms with Crippen molar-refractivity contribution in [1.82, 2.24) is 4.90 Å². The summed E-state index contributed by atoms with van der Waals surface area (Å²) in [6.07, 6.45) is 0.702. The van der Waals surface area contributed by atoms with Crippen LogP contribution in [0.5, 0.6) is 0 Å². The highest BCUT2D eigenvalue weighted by Gasteiger charge is 2.21. The minimum atomic E-state index is -0.970. The Labute approximate surface area is 133 Å². The second-order valence-electron chi connectivity index (χ2n) is 4.50. The molecule has 0 saturated heterocycles. The predicted molar refractivity (Wildman–Crippen MR) is 82.5 cm³/mol. The summed E-state index contributed by atoms with van der Waals surface area (Å²) in [5.41, 5.74) is 5.95. The molecule has 124 valence electrons. The Morgan fingerprint density at radius 1 is 1.26 bits per heavy atom. The fraction of sp³-hybridized carbons (Fsp3) is 0.333. The van der Waals surface area contributed by atoms with Gasteiger partial charge >= 0.3 is 17.8 Å². The quantitative estimate of drug-likeness (QED) is 0.419. The zero-order valence-electron chi connectivity index (χ0n) is 12.8. The van der Waals surface area contributed by atoms with Crippen LogP contribution in [0.25, 0.3) is 0 Å². The van der Waals surface area contributed by atoms with Gasteiger partial charge in [-0.15, -0.1) is 0 Å². The number of nitrogens with two attached hydrogens (primary N) is 1. The van der Waals surface area contributed by atoms with E-state index in [1.165, 1.54) is 24.3 Å². The maximum atomic E-state index is 11.8. The van der Waals surface area contributed by atoms with Crippen molar-refractivity contribution in [1.29, 1.82) is 0 Å². The predicted octanol–water partition coefficient (Wildman–Crippen LogP) is 0.136. The molecule has 0 spiro atoms. The van der Waals surface area contributed by atoms with Crippen LogP contribution >= 0.6 is 0 Å². The van der Waals surface area contributed by atoms with E-state index in [9.17, 15) is 19.2 Å². The number of ether oxygens (including phenoxy) is 1. The Bertz CT molecular complexity index is 571. The number of hydrogen-bond donors (Lipinski definition) is 2. The summed E-state index contributed by atoms with van der Waals surface area (Å²) in [5.74, 6) is -2.39. The minimum absolute atomic E-state index is 0.0774. The number of carbonyl (C=O) groups excluding carboxylic acids is 4. The van der Waals surface area contributed by atoms with Gasteiger partial charge < -0.3 is 15.8 Å². The molecule has 0 atom stereocenters. The van der Waals surface area contributed by atoms with E-state index in [0.29, 0.717) is 30.6 Å². The summed E-state index contributed by atoms with van der Waals surface area (Å²) in [7, 11) is 0. The molecule has 1 aromatic rings. The second-order valence-corrected chi connectivity index (χ2v) is 4.50. The van der Waals surface area contributed by atoms with Crippen molar-refractivity contribution in [3.63, 3.8) is 0 Å². The molecule has 0 saturated carbocycles.